The third-order valence-corrected chi connectivity index (χ3v) is 4.83. The first-order valence-electron chi connectivity index (χ1n) is 7.86. The van der Waals surface area contributed by atoms with Crippen molar-refractivity contribution in [2.75, 3.05) is 19.3 Å². The SMILES string of the molecule is CSc1ccc(C(=O)NC2CCN(C(=O)c3ccoc3C)CC2)o1. The first-order valence-corrected chi connectivity index (χ1v) is 9.09. The lowest BCUT2D eigenvalue weighted by Gasteiger charge is -2.32. The van der Waals surface area contributed by atoms with Crippen LogP contribution in [0.25, 0.3) is 0 Å². The third-order valence-electron chi connectivity index (χ3n) is 4.21. The Bertz CT molecular complexity index is 729. The molecule has 0 unspecified atom stereocenters. The van der Waals surface area contributed by atoms with Gasteiger partial charge in [0.2, 0.25) is 0 Å². The second kappa shape index (κ2) is 7.17. The van der Waals surface area contributed by atoms with Crippen molar-refractivity contribution in [1.29, 1.82) is 0 Å². The Labute approximate surface area is 144 Å². The Balaban J connectivity index is 1.52. The molecule has 0 aromatic carbocycles. The molecule has 2 amide bonds. The van der Waals surface area contributed by atoms with E-state index in [1.54, 1.807) is 30.0 Å². The second-order valence-corrected chi connectivity index (χ2v) is 6.56. The van der Waals surface area contributed by atoms with Crippen molar-refractivity contribution in [3.05, 3.63) is 41.5 Å². The zero-order valence-corrected chi connectivity index (χ0v) is 14.5. The highest BCUT2D eigenvalue weighted by Crippen LogP contribution is 2.20. The lowest BCUT2D eigenvalue weighted by molar-refractivity contribution is 0.0693. The standard InChI is InChI=1S/C17H20N2O4S/c1-11-13(7-10-22-11)17(21)19-8-5-12(6-9-19)18-16(20)14-3-4-15(23-14)24-2/h3-4,7,10,12H,5-6,8-9H2,1-2H3,(H,18,20). The Morgan fingerprint density at radius 1 is 1.25 bits per heavy atom. The number of nitrogens with one attached hydrogen (secondary N) is 1. The molecule has 128 valence electrons. The molecule has 3 rings (SSSR count). The van der Waals surface area contributed by atoms with E-state index in [0.29, 0.717) is 30.2 Å². The fourth-order valence-electron chi connectivity index (χ4n) is 2.81. The van der Waals surface area contributed by atoms with Crippen LogP contribution in [0, 0.1) is 6.92 Å². The van der Waals surface area contributed by atoms with Gasteiger partial charge in [-0.15, -0.1) is 0 Å². The summed E-state index contributed by atoms with van der Waals surface area (Å²) in [7, 11) is 0. The van der Waals surface area contributed by atoms with E-state index >= 15 is 0 Å². The van der Waals surface area contributed by atoms with Gasteiger partial charge in [0.1, 0.15) is 5.76 Å². The molecule has 1 fully saturated rings. The number of hydrogen-bond acceptors (Lipinski definition) is 5. The van der Waals surface area contributed by atoms with Crippen molar-refractivity contribution in [2.45, 2.75) is 30.9 Å². The Hall–Kier alpha value is -2.15. The van der Waals surface area contributed by atoms with Crippen LogP contribution in [0.4, 0.5) is 0 Å². The van der Waals surface area contributed by atoms with E-state index in [2.05, 4.69) is 5.32 Å². The molecule has 0 aliphatic carbocycles. The minimum Gasteiger partial charge on any atom is -0.469 e. The van der Waals surface area contributed by atoms with E-state index in [1.165, 1.54) is 18.0 Å². The summed E-state index contributed by atoms with van der Waals surface area (Å²) in [5.74, 6) is 0.747. The summed E-state index contributed by atoms with van der Waals surface area (Å²) in [6, 6.07) is 5.22. The van der Waals surface area contributed by atoms with Crippen LogP contribution in [0.1, 0.15) is 39.5 Å². The number of piperidine rings is 1. The first-order chi connectivity index (χ1) is 11.6. The quantitative estimate of drug-likeness (QED) is 0.860. The Morgan fingerprint density at radius 2 is 2.00 bits per heavy atom. The number of likely N-dealkylation sites (tertiary alicyclic amines) is 1. The van der Waals surface area contributed by atoms with E-state index in [-0.39, 0.29) is 17.9 Å². The summed E-state index contributed by atoms with van der Waals surface area (Å²) in [6.45, 7) is 3.01. The maximum absolute atomic E-state index is 12.4. The van der Waals surface area contributed by atoms with Crippen molar-refractivity contribution in [1.82, 2.24) is 10.2 Å². The van der Waals surface area contributed by atoms with E-state index in [9.17, 15) is 9.59 Å². The van der Waals surface area contributed by atoms with Gasteiger partial charge in [-0.2, -0.15) is 0 Å². The summed E-state index contributed by atoms with van der Waals surface area (Å²) in [5.41, 5.74) is 0.609. The van der Waals surface area contributed by atoms with Crippen molar-refractivity contribution in [2.24, 2.45) is 0 Å². The fraction of sp³-hybridized carbons (Fsp3) is 0.412. The van der Waals surface area contributed by atoms with Crippen LogP contribution in [0.3, 0.4) is 0 Å². The fourth-order valence-corrected chi connectivity index (χ4v) is 3.19. The maximum atomic E-state index is 12.4. The largest absolute Gasteiger partial charge is 0.469 e. The predicted octanol–water partition coefficient (Wildman–Crippen LogP) is 2.94. The number of rotatable bonds is 4. The monoisotopic (exact) mass is 348 g/mol. The van der Waals surface area contributed by atoms with Crippen LogP contribution in [0.5, 0.6) is 0 Å². The molecule has 3 heterocycles. The number of hydrogen-bond donors (Lipinski definition) is 1. The molecule has 0 bridgehead atoms. The molecule has 2 aromatic heterocycles. The van der Waals surface area contributed by atoms with E-state index in [1.807, 2.05) is 6.26 Å². The number of nitrogens with zero attached hydrogens (tertiary/aromatic N) is 1. The van der Waals surface area contributed by atoms with E-state index in [0.717, 1.165) is 17.9 Å². The summed E-state index contributed by atoms with van der Waals surface area (Å²) >= 11 is 1.46. The van der Waals surface area contributed by atoms with E-state index < -0.39 is 0 Å². The highest BCUT2D eigenvalue weighted by Gasteiger charge is 2.26. The zero-order chi connectivity index (χ0) is 17.1. The highest BCUT2D eigenvalue weighted by molar-refractivity contribution is 7.98. The van der Waals surface area contributed by atoms with Gasteiger partial charge in [0.05, 0.1) is 11.8 Å². The van der Waals surface area contributed by atoms with Gasteiger partial charge in [-0.3, -0.25) is 9.59 Å². The van der Waals surface area contributed by atoms with Crippen LogP contribution < -0.4 is 5.32 Å². The van der Waals surface area contributed by atoms with Gasteiger partial charge in [0.15, 0.2) is 10.9 Å². The summed E-state index contributed by atoms with van der Waals surface area (Å²) in [4.78, 5) is 26.4. The highest BCUT2D eigenvalue weighted by atomic mass is 32.2. The van der Waals surface area contributed by atoms with Crippen molar-refractivity contribution < 1.29 is 18.4 Å². The van der Waals surface area contributed by atoms with Gasteiger partial charge >= 0.3 is 0 Å². The molecular weight excluding hydrogens is 328 g/mol. The molecule has 2 aromatic rings. The van der Waals surface area contributed by atoms with Crippen LogP contribution in [0.15, 0.2) is 38.4 Å². The number of thioether (sulfide) groups is 1. The second-order valence-electron chi connectivity index (χ2n) is 5.75. The van der Waals surface area contributed by atoms with Crippen LogP contribution >= 0.6 is 11.8 Å². The molecule has 7 heteroatoms. The molecule has 1 aliphatic heterocycles. The third kappa shape index (κ3) is 3.51. The number of carbonyl (C=O) groups excluding carboxylic acids is 2. The number of amides is 2. The van der Waals surface area contributed by atoms with Gasteiger partial charge in [-0.1, -0.05) is 11.8 Å². The van der Waals surface area contributed by atoms with Crippen molar-refractivity contribution in [3.8, 4) is 0 Å². The molecule has 6 nitrogen and oxygen atoms in total. The van der Waals surface area contributed by atoms with Crippen molar-refractivity contribution in [3.63, 3.8) is 0 Å². The topological polar surface area (TPSA) is 75.7 Å². The van der Waals surface area contributed by atoms with Crippen LogP contribution in [0.2, 0.25) is 0 Å². The maximum Gasteiger partial charge on any atom is 0.287 e. The van der Waals surface area contributed by atoms with Gasteiger partial charge in [0, 0.05) is 19.1 Å². The van der Waals surface area contributed by atoms with Crippen LogP contribution in [-0.4, -0.2) is 42.1 Å². The number of aryl methyl sites for hydroxylation is 1. The molecule has 0 radical (unpaired) electrons. The lowest BCUT2D eigenvalue weighted by atomic mass is 10.0. The van der Waals surface area contributed by atoms with Crippen LogP contribution in [-0.2, 0) is 0 Å². The average Bonchev–Trinajstić information content (AvgIpc) is 3.23. The Morgan fingerprint density at radius 3 is 2.58 bits per heavy atom. The molecule has 0 saturated carbocycles. The summed E-state index contributed by atoms with van der Waals surface area (Å²) in [5, 5.41) is 3.70. The molecule has 1 saturated heterocycles. The average molecular weight is 348 g/mol. The molecule has 24 heavy (non-hydrogen) atoms. The zero-order valence-electron chi connectivity index (χ0n) is 13.7. The predicted molar refractivity (Wildman–Crippen MR) is 90.3 cm³/mol. The Kier molecular flexibility index (Phi) is 4.99. The number of furan rings is 2. The van der Waals surface area contributed by atoms with Gasteiger partial charge < -0.3 is 19.1 Å². The number of carbonyl (C=O) groups is 2. The normalized spacial score (nSPS) is 15.5. The molecule has 0 spiro atoms. The molecular formula is C17H20N2O4S. The van der Waals surface area contributed by atoms with Gasteiger partial charge in [0.25, 0.3) is 11.8 Å². The molecule has 1 N–H and O–H groups in total. The molecule has 0 atom stereocenters. The molecule has 1 aliphatic rings. The van der Waals surface area contributed by atoms with Crippen molar-refractivity contribution >= 4 is 23.6 Å². The lowest BCUT2D eigenvalue weighted by Crippen LogP contribution is -2.46. The smallest absolute Gasteiger partial charge is 0.287 e. The first kappa shape index (κ1) is 16.7. The van der Waals surface area contributed by atoms with E-state index in [4.69, 9.17) is 8.83 Å². The van der Waals surface area contributed by atoms with Gasteiger partial charge in [-0.25, -0.2) is 0 Å². The minimum absolute atomic E-state index is 0.0123. The minimum atomic E-state index is -0.203. The van der Waals surface area contributed by atoms with Gasteiger partial charge in [-0.05, 0) is 44.2 Å². The summed E-state index contributed by atoms with van der Waals surface area (Å²) in [6.07, 6.45) is 4.88. The summed E-state index contributed by atoms with van der Waals surface area (Å²) < 4.78 is 10.6.